The fourth-order valence-corrected chi connectivity index (χ4v) is 3.61. The van der Waals surface area contributed by atoms with Crippen LogP contribution >= 0.6 is 0 Å². The van der Waals surface area contributed by atoms with Gasteiger partial charge < -0.3 is 9.64 Å². The molecule has 0 bridgehead atoms. The average Bonchev–Trinajstić information content (AvgIpc) is 3.27. The van der Waals surface area contributed by atoms with Crippen LogP contribution in [-0.2, 0) is 0 Å². The van der Waals surface area contributed by atoms with E-state index in [1.165, 1.54) is 19.4 Å². The van der Waals surface area contributed by atoms with E-state index in [0.29, 0.717) is 22.6 Å². The van der Waals surface area contributed by atoms with Crippen molar-refractivity contribution in [2.45, 2.75) is 12.8 Å². The first-order valence-corrected chi connectivity index (χ1v) is 9.60. The number of hydrogen-bond acceptors (Lipinski definition) is 4. The zero-order chi connectivity index (χ0) is 20.2. The quantitative estimate of drug-likeness (QED) is 0.520. The second-order valence-electron chi connectivity index (χ2n) is 7.00. The Morgan fingerprint density at radius 2 is 1.83 bits per heavy atom. The van der Waals surface area contributed by atoms with E-state index >= 15 is 0 Å². The van der Waals surface area contributed by atoms with Gasteiger partial charge in [0.25, 0.3) is 5.91 Å². The van der Waals surface area contributed by atoms with Gasteiger partial charge in [-0.15, -0.1) is 0 Å². The molecular weight excluding hydrogens is 369 g/mol. The summed E-state index contributed by atoms with van der Waals surface area (Å²) in [5.41, 5.74) is 4.08. The van der Waals surface area contributed by atoms with Crippen LogP contribution in [0.4, 0.5) is 10.1 Å². The number of fused-ring (bicyclic) bond motifs is 1. The Kier molecular flexibility index (Phi) is 5.42. The van der Waals surface area contributed by atoms with Gasteiger partial charge in [0.2, 0.25) is 0 Å². The van der Waals surface area contributed by atoms with Gasteiger partial charge in [0.05, 0.1) is 24.6 Å². The zero-order valence-corrected chi connectivity index (χ0v) is 16.2. The molecular formula is C23H22FN3O2. The number of halogens is 1. The lowest BCUT2D eigenvalue weighted by Gasteiger charge is -2.18. The van der Waals surface area contributed by atoms with Crippen molar-refractivity contribution in [3.8, 4) is 5.75 Å². The van der Waals surface area contributed by atoms with Crippen molar-refractivity contribution < 1.29 is 13.9 Å². The van der Waals surface area contributed by atoms with E-state index < -0.39 is 5.91 Å². The van der Waals surface area contributed by atoms with Crippen LogP contribution in [0.5, 0.6) is 5.75 Å². The summed E-state index contributed by atoms with van der Waals surface area (Å²) in [6, 6.07) is 16.3. The Bertz CT molecular complexity index is 1070. The lowest BCUT2D eigenvalue weighted by Crippen LogP contribution is -2.19. The Morgan fingerprint density at radius 3 is 2.52 bits per heavy atom. The third-order valence-electron chi connectivity index (χ3n) is 5.11. The van der Waals surface area contributed by atoms with E-state index in [-0.39, 0.29) is 5.82 Å². The van der Waals surface area contributed by atoms with Crippen LogP contribution in [0.15, 0.2) is 59.7 Å². The summed E-state index contributed by atoms with van der Waals surface area (Å²) in [5, 5.41) is 5.90. The summed E-state index contributed by atoms with van der Waals surface area (Å²) in [5.74, 6) is -0.200. The molecule has 148 valence electrons. The van der Waals surface area contributed by atoms with E-state index in [9.17, 15) is 9.18 Å². The molecule has 1 fully saturated rings. The van der Waals surface area contributed by atoms with E-state index in [1.807, 2.05) is 35.2 Å². The molecule has 1 amide bonds. The van der Waals surface area contributed by atoms with E-state index in [0.717, 1.165) is 36.7 Å². The van der Waals surface area contributed by atoms with Gasteiger partial charge in [0, 0.05) is 13.1 Å². The van der Waals surface area contributed by atoms with E-state index in [2.05, 4.69) is 10.5 Å². The van der Waals surface area contributed by atoms with Gasteiger partial charge in [-0.2, -0.15) is 5.10 Å². The van der Waals surface area contributed by atoms with Crippen molar-refractivity contribution in [1.82, 2.24) is 5.43 Å². The highest BCUT2D eigenvalue weighted by atomic mass is 19.1. The highest BCUT2D eigenvalue weighted by molar-refractivity contribution is 6.02. The van der Waals surface area contributed by atoms with E-state index in [1.54, 1.807) is 18.2 Å². The minimum atomic E-state index is -0.391. The molecule has 1 heterocycles. The Morgan fingerprint density at radius 1 is 1.10 bits per heavy atom. The fourth-order valence-electron chi connectivity index (χ4n) is 3.61. The van der Waals surface area contributed by atoms with Crippen LogP contribution in [0.1, 0.15) is 28.8 Å². The molecule has 0 atom stereocenters. The maximum absolute atomic E-state index is 14.4. The number of methoxy groups -OCH3 is 1. The molecule has 3 aromatic rings. The zero-order valence-electron chi connectivity index (χ0n) is 16.2. The largest absolute Gasteiger partial charge is 0.496 e. The number of benzene rings is 3. The number of carbonyl (C=O) groups excluding carboxylic acids is 1. The molecule has 0 radical (unpaired) electrons. The number of hydrogen-bond donors (Lipinski definition) is 1. The summed E-state index contributed by atoms with van der Waals surface area (Å²) < 4.78 is 19.7. The SMILES string of the molecule is COc1cc2ccccc2cc1C(=O)NN=Cc1ccc(N2CCCC2)c(F)c1. The van der Waals surface area contributed by atoms with Gasteiger partial charge in [-0.3, -0.25) is 4.79 Å². The lowest BCUT2D eigenvalue weighted by atomic mass is 10.1. The second kappa shape index (κ2) is 8.31. The Balaban J connectivity index is 1.48. The van der Waals surface area contributed by atoms with Crippen molar-refractivity contribution in [3.63, 3.8) is 0 Å². The number of ether oxygens (including phenoxy) is 1. The van der Waals surface area contributed by atoms with Crippen LogP contribution in [0.2, 0.25) is 0 Å². The Hall–Kier alpha value is -3.41. The van der Waals surface area contributed by atoms with Gasteiger partial charge in [-0.25, -0.2) is 9.82 Å². The number of nitrogens with zero attached hydrogens (tertiary/aromatic N) is 2. The molecule has 4 rings (SSSR count). The van der Waals surface area contributed by atoms with Gasteiger partial charge in [0.15, 0.2) is 0 Å². The third-order valence-corrected chi connectivity index (χ3v) is 5.11. The monoisotopic (exact) mass is 391 g/mol. The molecule has 5 nitrogen and oxygen atoms in total. The maximum Gasteiger partial charge on any atom is 0.275 e. The molecule has 1 aliphatic rings. The van der Waals surface area contributed by atoms with Crippen LogP contribution in [-0.4, -0.2) is 32.3 Å². The second-order valence-corrected chi connectivity index (χ2v) is 7.00. The molecule has 0 aromatic heterocycles. The molecule has 0 unspecified atom stereocenters. The topological polar surface area (TPSA) is 53.9 Å². The summed E-state index contributed by atoms with van der Waals surface area (Å²) >= 11 is 0. The Labute approximate surface area is 168 Å². The summed E-state index contributed by atoms with van der Waals surface area (Å²) in [6.45, 7) is 1.77. The molecule has 0 saturated carbocycles. The first-order valence-electron chi connectivity index (χ1n) is 9.60. The summed E-state index contributed by atoms with van der Waals surface area (Å²) in [4.78, 5) is 14.6. The number of anilines is 1. The van der Waals surface area contributed by atoms with Gasteiger partial charge in [0.1, 0.15) is 11.6 Å². The van der Waals surface area contributed by atoms with Crippen LogP contribution in [0.3, 0.4) is 0 Å². The summed E-state index contributed by atoms with van der Waals surface area (Å²) in [6.07, 6.45) is 3.61. The minimum absolute atomic E-state index is 0.279. The molecule has 3 aromatic carbocycles. The molecule has 29 heavy (non-hydrogen) atoms. The highest BCUT2D eigenvalue weighted by Gasteiger charge is 2.16. The molecule has 0 aliphatic carbocycles. The summed E-state index contributed by atoms with van der Waals surface area (Å²) in [7, 11) is 1.52. The number of hydrazone groups is 1. The van der Waals surface area contributed by atoms with Gasteiger partial charge >= 0.3 is 0 Å². The fraction of sp³-hybridized carbons (Fsp3) is 0.217. The first-order chi connectivity index (χ1) is 14.2. The molecule has 1 aliphatic heterocycles. The third kappa shape index (κ3) is 4.06. The van der Waals surface area contributed by atoms with Crippen molar-refractivity contribution in [2.24, 2.45) is 5.10 Å². The standard InChI is InChI=1S/C23H22FN3O2/c1-29-22-14-18-7-3-2-6-17(18)13-19(22)23(28)26-25-15-16-8-9-21(20(24)12-16)27-10-4-5-11-27/h2-3,6-9,12-15H,4-5,10-11H2,1H3,(H,26,28). The van der Waals surface area contributed by atoms with Crippen LogP contribution < -0.4 is 15.1 Å². The smallest absolute Gasteiger partial charge is 0.275 e. The van der Waals surface area contributed by atoms with E-state index in [4.69, 9.17) is 4.74 Å². The van der Waals surface area contributed by atoms with Crippen LogP contribution in [0, 0.1) is 5.82 Å². The molecule has 0 spiro atoms. The number of carbonyl (C=O) groups is 1. The van der Waals surface area contributed by atoms with Gasteiger partial charge in [-0.05, 0) is 53.4 Å². The van der Waals surface area contributed by atoms with Crippen molar-refractivity contribution >= 4 is 28.6 Å². The minimum Gasteiger partial charge on any atom is -0.496 e. The molecule has 6 heteroatoms. The molecule has 1 N–H and O–H groups in total. The van der Waals surface area contributed by atoms with Crippen molar-refractivity contribution in [2.75, 3.05) is 25.1 Å². The number of nitrogens with one attached hydrogen (secondary N) is 1. The lowest BCUT2D eigenvalue weighted by molar-refractivity contribution is 0.0952. The normalized spacial score (nSPS) is 13.9. The number of rotatable bonds is 5. The van der Waals surface area contributed by atoms with Crippen LogP contribution in [0.25, 0.3) is 10.8 Å². The average molecular weight is 391 g/mol. The number of amides is 1. The predicted octanol–water partition coefficient (Wildman–Crippen LogP) is 4.35. The van der Waals surface area contributed by atoms with Gasteiger partial charge in [-0.1, -0.05) is 30.3 Å². The predicted molar refractivity (Wildman–Crippen MR) is 113 cm³/mol. The first kappa shape index (κ1) is 18.9. The maximum atomic E-state index is 14.4. The van der Waals surface area contributed by atoms with Crippen molar-refractivity contribution in [1.29, 1.82) is 0 Å². The van der Waals surface area contributed by atoms with Crippen molar-refractivity contribution in [3.05, 3.63) is 71.5 Å². The highest BCUT2D eigenvalue weighted by Crippen LogP contribution is 2.26. The molecule has 1 saturated heterocycles.